The fraction of sp³-hybridized carbons (Fsp3) is 0.222. The van der Waals surface area contributed by atoms with E-state index in [-0.39, 0.29) is 29.6 Å². The monoisotopic (exact) mass is 489 g/mol. The zero-order chi connectivity index (χ0) is 25.7. The van der Waals surface area contributed by atoms with Crippen LogP contribution in [-0.4, -0.2) is 71.1 Å². The van der Waals surface area contributed by atoms with Gasteiger partial charge in [-0.05, 0) is 42.0 Å². The fourth-order valence-corrected chi connectivity index (χ4v) is 3.91. The Hall–Kier alpha value is -4.53. The molecule has 9 heteroatoms. The molecule has 1 aliphatic rings. The largest absolute Gasteiger partial charge is 0.508 e. The summed E-state index contributed by atoms with van der Waals surface area (Å²) in [5.74, 6) is -1.08. The van der Waals surface area contributed by atoms with Crippen LogP contribution in [0.2, 0.25) is 0 Å². The van der Waals surface area contributed by atoms with E-state index in [1.807, 2.05) is 30.3 Å². The number of ether oxygens (including phenoxy) is 1. The molecule has 0 atom stereocenters. The third kappa shape index (κ3) is 5.57. The van der Waals surface area contributed by atoms with Gasteiger partial charge >= 0.3 is 6.09 Å². The van der Waals surface area contributed by atoms with Gasteiger partial charge < -0.3 is 29.6 Å². The molecule has 36 heavy (non-hydrogen) atoms. The van der Waals surface area contributed by atoms with Gasteiger partial charge in [0.15, 0.2) is 0 Å². The molecule has 3 amide bonds. The molecule has 1 saturated heterocycles. The maximum absolute atomic E-state index is 13.0. The summed E-state index contributed by atoms with van der Waals surface area (Å²) in [5, 5.41) is 19.4. The number of anilines is 1. The number of phenolic OH excluding ortho intramolecular Hbond substituents is 2. The number of carbonyl (C=O) groups excluding carboxylic acids is 3. The van der Waals surface area contributed by atoms with Crippen LogP contribution in [-0.2, 0) is 11.3 Å². The highest BCUT2D eigenvalue weighted by atomic mass is 16.6. The summed E-state index contributed by atoms with van der Waals surface area (Å²) in [6.45, 7) is 1.74. The van der Waals surface area contributed by atoms with Gasteiger partial charge in [0.05, 0.1) is 5.56 Å². The first-order valence-electron chi connectivity index (χ1n) is 11.5. The van der Waals surface area contributed by atoms with Crippen molar-refractivity contribution in [1.29, 1.82) is 0 Å². The number of carbonyl (C=O) groups is 3. The second-order valence-electron chi connectivity index (χ2n) is 8.43. The van der Waals surface area contributed by atoms with Gasteiger partial charge in [0.2, 0.25) is 0 Å². The SMILES string of the molecule is CN(C(=O)c1ccc(O)cc1O)c1ccc(C(=O)N2CCN(C(=O)OCc3ccccc3)CC2)cc1. The molecular formula is C27H27N3O6. The van der Waals surface area contributed by atoms with Crippen LogP contribution in [0.15, 0.2) is 72.8 Å². The number of rotatable bonds is 5. The van der Waals surface area contributed by atoms with Gasteiger partial charge in [0.25, 0.3) is 11.8 Å². The van der Waals surface area contributed by atoms with E-state index in [1.165, 1.54) is 17.0 Å². The predicted octanol–water partition coefficient (Wildman–Crippen LogP) is 3.47. The molecule has 0 saturated carbocycles. The van der Waals surface area contributed by atoms with Crippen LogP contribution in [0.4, 0.5) is 10.5 Å². The number of aromatic hydroxyl groups is 2. The van der Waals surface area contributed by atoms with Crippen LogP contribution in [0.1, 0.15) is 26.3 Å². The van der Waals surface area contributed by atoms with E-state index in [1.54, 1.807) is 41.1 Å². The number of hydrogen-bond donors (Lipinski definition) is 2. The Morgan fingerprint density at radius 2 is 1.50 bits per heavy atom. The summed E-state index contributed by atoms with van der Waals surface area (Å²) in [6.07, 6.45) is -0.400. The third-order valence-electron chi connectivity index (χ3n) is 6.05. The van der Waals surface area contributed by atoms with Crippen molar-refractivity contribution < 1.29 is 29.3 Å². The molecule has 1 heterocycles. The summed E-state index contributed by atoms with van der Waals surface area (Å²) in [6, 6.07) is 19.8. The maximum Gasteiger partial charge on any atom is 0.410 e. The molecule has 0 radical (unpaired) electrons. The normalized spacial score (nSPS) is 13.2. The van der Waals surface area contributed by atoms with Gasteiger partial charge in [-0.3, -0.25) is 9.59 Å². The van der Waals surface area contributed by atoms with E-state index in [4.69, 9.17) is 4.74 Å². The van der Waals surface area contributed by atoms with Crippen LogP contribution >= 0.6 is 0 Å². The molecule has 3 aromatic rings. The number of benzene rings is 3. The van der Waals surface area contributed by atoms with E-state index in [0.29, 0.717) is 37.4 Å². The topological polar surface area (TPSA) is 111 Å². The van der Waals surface area contributed by atoms with Crippen LogP contribution in [0.5, 0.6) is 11.5 Å². The summed E-state index contributed by atoms with van der Waals surface area (Å²) < 4.78 is 5.37. The van der Waals surface area contributed by atoms with E-state index in [0.717, 1.165) is 11.6 Å². The van der Waals surface area contributed by atoms with Crippen LogP contribution in [0.25, 0.3) is 0 Å². The highest BCUT2D eigenvalue weighted by Gasteiger charge is 2.26. The number of phenols is 2. The van der Waals surface area contributed by atoms with Crippen molar-refractivity contribution in [3.8, 4) is 11.5 Å². The first-order valence-corrected chi connectivity index (χ1v) is 11.5. The average molecular weight is 490 g/mol. The molecule has 0 spiro atoms. The second kappa shape index (κ2) is 10.8. The first-order chi connectivity index (χ1) is 17.3. The minimum absolute atomic E-state index is 0.0515. The van der Waals surface area contributed by atoms with Gasteiger partial charge in [-0.2, -0.15) is 0 Å². The van der Waals surface area contributed by atoms with Crippen molar-refractivity contribution in [2.24, 2.45) is 0 Å². The molecule has 9 nitrogen and oxygen atoms in total. The lowest BCUT2D eigenvalue weighted by Gasteiger charge is -2.34. The van der Waals surface area contributed by atoms with E-state index in [2.05, 4.69) is 0 Å². The van der Waals surface area contributed by atoms with Gasteiger partial charge in [-0.25, -0.2) is 4.79 Å². The lowest BCUT2D eigenvalue weighted by Crippen LogP contribution is -2.50. The first kappa shape index (κ1) is 24.6. The lowest BCUT2D eigenvalue weighted by atomic mass is 10.1. The lowest BCUT2D eigenvalue weighted by molar-refractivity contribution is 0.0544. The van der Waals surface area contributed by atoms with Gasteiger partial charge in [0.1, 0.15) is 18.1 Å². The Morgan fingerprint density at radius 1 is 0.861 bits per heavy atom. The number of amides is 3. The molecular weight excluding hydrogens is 462 g/mol. The van der Waals surface area contributed by atoms with Gasteiger partial charge in [-0.1, -0.05) is 30.3 Å². The van der Waals surface area contributed by atoms with Crippen molar-refractivity contribution in [3.05, 3.63) is 89.5 Å². The third-order valence-corrected chi connectivity index (χ3v) is 6.05. The molecule has 0 bridgehead atoms. The quantitative estimate of drug-likeness (QED) is 0.568. The molecule has 1 aliphatic heterocycles. The Morgan fingerprint density at radius 3 is 2.14 bits per heavy atom. The maximum atomic E-state index is 13.0. The summed E-state index contributed by atoms with van der Waals surface area (Å²) in [7, 11) is 1.56. The second-order valence-corrected chi connectivity index (χ2v) is 8.43. The van der Waals surface area contributed by atoms with E-state index >= 15 is 0 Å². The summed E-state index contributed by atoms with van der Waals surface area (Å²) in [4.78, 5) is 42.7. The number of nitrogens with zero attached hydrogens (tertiary/aromatic N) is 3. The smallest absolute Gasteiger partial charge is 0.410 e. The van der Waals surface area contributed by atoms with Crippen molar-refractivity contribution in [3.63, 3.8) is 0 Å². The number of hydrogen-bond acceptors (Lipinski definition) is 6. The van der Waals surface area contributed by atoms with Crippen molar-refractivity contribution in [2.75, 3.05) is 38.1 Å². The molecule has 2 N–H and O–H groups in total. The highest BCUT2D eigenvalue weighted by molar-refractivity contribution is 6.07. The molecule has 186 valence electrons. The Balaban J connectivity index is 1.31. The summed E-state index contributed by atoms with van der Waals surface area (Å²) in [5.41, 5.74) is 1.97. The Bertz CT molecular complexity index is 1240. The Kier molecular flexibility index (Phi) is 7.39. The average Bonchev–Trinajstić information content (AvgIpc) is 2.91. The van der Waals surface area contributed by atoms with Crippen molar-refractivity contribution >= 4 is 23.6 Å². The van der Waals surface area contributed by atoms with Crippen molar-refractivity contribution in [2.45, 2.75) is 6.61 Å². The molecule has 0 aliphatic carbocycles. The molecule has 3 aromatic carbocycles. The number of piperazine rings is 1. The highest BCUT2D eigenvalue weighted by Crippen LogP contribution is 2.26. The molecule has 0 aromatic heterocycles. The molecule has 0 unspecified atom stereocenters. The minimum atomic E-state index is -0.457. The molecule has 4 rings (SSSR count). The minimum Gasteiger partial charge on any atom is -0.508 e. The van der Waals surface area contributed by atoms with E-state index < -0.39 is 12.0 Å². The Labute approximate surface area is 208 Å². The standard InChI is InChI=1S/C27H27N3O6/c1-28(26(34)23-12-11-22(31)17-24(23)32)21-9-7-20(8-10-21)25(33)29-13-15-30(16-14-29)27(35)36-18-19-5-3-2-4-6-19/h2-12,17,31-32H,13-16,18H2,1H3. The van der Waals surface area contributed by atoms with E-state index in [9.17, 15) is 24.6 Å². The van der Waals surface area contributed by atoms with Crippen LogP contribution in [0, 0.1) is 0 Å². The zero-order valence-electron chi connectivity index (χ0n) is 19.8. The predicted molar refractivity (Wildman–Crippen MR) is 133 cm³/mol. The zero-order valence-corrected chi connectivity index (χ0v) is 19.8. The van der Waals surface area contributed by atoms with Crippen LogP contribution in [0.3, 0.4) is 0 Å². The summed E-state index contributed by atoms with van der Waals surface area (Å²) >= 11 is 0. The van der Waals surface area contributed by atoms with Crippen LogP contribution < -0.4 is 4.90 Å². The van der Waals surface area contributed by atoms with Crippen molar-refractivity contribution in [1.82, 2.24) is 9.80 Å². The fourth-order valence-electron chi connectivity index (χ4n) is 3.91. The van der Waals surface area contributed by atoms with Gasteiger partial charge in [0, 0.05) is 50.5 Å². The molecule has 1 fully saturated rings. The van der Waals surface area contributed by atoms with Gasteiger partial charge in [-0.15, -0.1) is 0 Å².